The molecule has 0 aromatic heterocycles. The molecule has 2 N–H and O–H groups in total. The number of allylic oxidation sites excluding steroid dienone is 1. The Kier molecular flexibility index (Phi) is 5.88. The predicted molar refractivity (Wildman–Crippen MR) is 110 cm³/mol. The zero-order chi connectivity index (χ0) is 21.1. The van der Waals surface area contributed by atoms with Crippen LogP contribution in [0.15, 0.2) is 35.9 Å². The van der Waals surface area contributed by atoms with E-state index in [-0.39, 0.29) is 43.0 Å². The molecule has 3 amide bonds. The Balaban J connectivity index is 1.45. The van der Waals surface area contributed by atoms with Crippen LogP contribution in [-0.2, 0) is 20.8 Å². The van der Waals surface area contributed by atoms with E-state index >= 15 is 0 Å². The van der Waals surface area contributed by atoms with Gasteiger partial charge in [-0.1, -0.05) is 29.8 Å². The predicted octanol–water partition coefficient (Wildman–Crippen LogP) is 2.09. The van der Waals surface area contributed by atoms with Gasteiger partial charge < -0.3 is 15.5 Å². The van der Waals surface area contributed by atoms with Crippen molar-refractivity contribution in [3.63, 3.8) is 0 Å². The van der Waals surface area contributed by atoms with Crippen molar-refractivity contribution in [2.45, 2.75) is 51.0 Å². The second kappa shape index (κ2) is 8.58. The molecule has 0 saturated carbocycles. The number of rotatable bonds is 6. The summed E-state index contributed by atoms with van der Waals surface area (Å²) in [6, 6.07) is 5.95. The molecular weight excluding hydrogens is 385 g/mol. The van der Waals surface area contributed by atoms with E-state index in [4.69, 9.17) is 0 Å². The molecule has 6 nitrogen and oxygen atoms in total. The first-order valence-corrected chi connectivity index (χ1v) is 10.7. The van der Waals surface area contributed by atoms with Crippen molar-refractivity contribution in [1.82, 2.24) is 15.5 Å². The molecule has 1 atom stereocenters. The molecular formula is C23H28FN3O3. The van der Waals surface area contributed by atoms with Crippen molar-refractivity contribution in [2.24, 2.45) is 5.41 Å². The lowest BCUT2D eigenvalue weighted by molar-refractivity contribution is -0.155. The Labute approximate surface area is 175 Å². The number of nitrogens with one attached hydrogen (secondary N) is 2. The fraction of sp³-hybridized carbons (Fsp3) is 0.522. The molecule has 4 rings (SSSR count). The first-order valence-electron chi connectivity index (χ1n) is 10.7. The minimum absolute atomic E-state index is 0.120. The highest BCUT2D eigenvalue weighted by Gasteiger charge is 2.52. The van der Waals surface area contributed by atoms with Gasteiger partial charge in [-0.25, -0.2) is 4.39 Å². The molecule has 2 fully saturated rings. The number of nitrogens with zero attached hydrogens (tertiary/aromatic N) is 1. The van der Waals surface area contributed by atoms with Crippen LogP contribution in [0, 0.1) is 11.2 Å². The number of carbonyl (C=O) groups excluding carboxylic acids is 3. The third-order valence-corrected chi connectivity index (χ3v) is 6.42. The standard InChI is InChI=1S/C23H28FN3O3/c24-18-9-5-4-8-17(18)12-23(22(30)25-13-16-6-2-1-3-7-16)14-27(15-23)21(29)19-10-11-20(28)26-19/h4-6,8-9,19H,1-3,7,10-15H2,(H,25,30)(H,26,28). The van der Waals surface area contributed by atoms with E-state index < -0.39 is 11.5 Å². The van der Waals surface area contributed by atoms with Gasteiger partial charge in [-0.05, 0) is 50.2 Å². The monoisotopic (exact) mass is 413 g/mol. The number of hydrogen-bond donors (Lipinski definition) is 2. The summed E-state index contributed by atoms with van der Waals surface area (Å²) in [5.41, 5.74) is 0.859. The van der Waals surface area contributed by atoms with Crippen LogP contribution in [0.4, 0.5) is 4.39 Å². The molecule has 160 valence electrons. The Morgan fingerprint density at radius 1 is 1.20 bits per heavy atom. The second-order valence-corrected chi connectivity index (χ2v) is 8.69. The van der Waals surface area contributed by atoms with Crippen molar-refractivity contribution < 1.29 is 18.8 Å². The molecule has 1 unspecified atom stereocenters. The summed E-state index contributed by atoms with van der Waals surface area (Å²) < 4.78 is 14.3. The van der Waals surface area contributed by atoms with Gasteiger partial charge in [0.2, 0.25) is 17.7 Å². The molecule has 3 aliphatic rings. The first-order chi connectivity index (χ1) is 14.5. The summed E-state index contributed by atoms with van der Waals surface area (Å²) in [5.74, 6) is -0.762. The third-order valence-electron chi connectivity index (χ3n) is 6.42. The van der Waals surface area contributed by atoms with Crippen LogP contribution in [0.1, 0.15) is 44.1 Å². The van der Waals surface area contributed by atoms with Gasteiger partial charge in [0, 0.05) is 26.1 Å². The molecule has 1 aliphatic carbocycles. The summed E-state index contributed by atoms with van der Waals surface area (Å²) in [7, 11) is 0. The Hall–Kier alpha value is -2.70. The van der Waals surface area contributed by atoms with Crippen molar-refractivity contribution in [2.75, 3.05) is 19.6 Å². The van der Waals surface area contributed by atoms with E-state index in [1.54, 1.807) is 23.1 Å². The maximum absolute atomic E-state index is 14.3. The fourth-order valence-electron chi connectivity index (χ4n) is 4.65. The Morgan fingerprint density at radius 3 is 2.67 bits per heavy atom. The Morgan fingerprint density at radius 2 is 2.00 bits per heavy atom. The average Bonchev–Trinajstić information content (AvgIpc) is 3.16. The number of likely N-dealkylation sites (tertiary alicyclic amines) is 1. The zero-order valence-electron chi connectivity index (χ0n) is 17.1. The maximum Gasteiger partial charge on any atom is 0.245 e. The lowest BCUT2D eigenvalue weighted by atomic mass is 9.73. The Bertz CT molecular complexity index is 876. The summed E-state index contributed by atoms with van der Waals surface area (Å²) in [6.45, 7) is 0.972. The molecule has 2 heterocycles. The van der Waals surface area contributed by atoms with E-state index in [2.05, 4.69) is 16.7 Å². The van der Waals surface area contributed by atoms with Gasteiger partial charge >= 0.3 is 0 Å². The number of amides is 3. The molecule has 1 aromatic carbocycles. The van der Waals surface area contributed by atoms with Gasteiger partial charge in [0.1, 0.15) is 11.9 Å². The van der Waals surface area contributed by atoms with Gasteiger partial charge in [-0.15, -0.1) is 0 Å². The van der Waals surface area contributed by atoms with E-state index in [1.165, 1.54) is 18.1 Å². The minimum Gasteiger partial charge on any atom is -0.352 e. The van der Waals surface area contributed by atoms with Crippen LogP contribution in [0.25, 0.3) is 0 Å². The van der Waals surface area contributed by atoms with Crippen LogP contribution < -0.4 is 10.6 Å². The van der Waals surface area contributed by atoms with Crippen molar-refractivity contribution in [3.8, 4) is 0 Å². The number of carbonyl (C=O) groups is 3. The third kappa shape index (κ3) is 4.25. The molecule has 1 aromatic rings. The molecule has 2 saturated heterocycles. The van der Waals surface area contributed by atoms with E-state index in [0.29, 0.717) is 24.9 Å². The van der Waals surface area contributed by atoms with E-state index in [1.807, 2.05) is 0 Å². The largest absolute Gasteiger partial charge is 0.352 e. The summed E-state index contributed by atoms with van der Waals surface area (Å²) in [4.78, 5) is 38.9. The van der Waals surface area contributed by atoms with Crippen LogP contribution in [-0.4, -0.2) is 48.3 Å². The minimum atomic E-state index is -0.851. The first kappa shape index (κ1) is 20.6. The highest BCUT2D eigenvalue weighted by Crippen LogP contribution is 2.36. The molecule has 30 heavy (non-hydrogen) atoms. The molecule has 0 bridgehead atoms. The van der Waals surface area contributed by atoms with Gasteiger partial charge in [0.25, 0.3) is 0 Å². The molecule has 0 spiro atoms. The number of hydrogen-bond acceptors (Lipinski definition) is 3. The fourth-order valence-corrected chi connectivity index (χ4v) is 4.65. The summed E-state index contributed by atoms with van der Waals surface area (Å²) in [6.07, 6.45) is 7.61. The van der Waals surface area contributed by atoms with E-state index in [0.717, 1.165) is 19.3 Å². The average molecular weight is 413 g/mol. The van der Waals surface area contributed by atoms with Crippen molar-refractivity contribution in [3.05, 3.63) is 47.3 Å². The molecule has 7 heteroatoms. The smallest absolute Gasteiger partial charge is 0.245 e. The maximum atomic E-state index is 14.3. The van der Waals surface area contributed by atoms with Gasteiger partial charge in [-0.3, -0.25) is 14.4 Å². The number of halogens is 1. The van der Waals surface area contributed by atoms with Crippen LogP contribution in [0.5, 0.6) is 0 Å². The second-order valence-electron chi connectivity index (χ2n) is 8.69. The highest BCUT2D eigenvalue weighted by molar-refractivity contribution is 5.93. The SMILES string of the molecule is O=C1CCC(C(=O)N2CC(Cc3ccccc3F)(C(=O)NCC3=CCCCC3)C2)N1. The zero-order valence-corrected chi connectivity index (χ0v) is 17.1. The van der Waals surface area contributed by atoms with Gasteiger partial charge in [0.05, 0.1) is 5.41 Å². The van der Waals surface area contributed by atoms with Crippen LogP contribution in [0.3, 0.4) is 0 Å². The van der Waals surface area contributed by atoms with E-state index in [9.17, 15) is 18.8 Å². The molecule has 2 aliphatic heterocycles. The summed E-state index contributed by atoms with van der Waals surface area (Å²) in [5, 5.41) is 5.72. The van der Waals surface area contributed by atoms with Crippen molar-refractivity contribution in [1.29, 1.82) is 0 Å². The number of benzene rings is 1. The van der Waals surface area contributed by atoms with Gasteiger partial charge in [-0.2, -0.15) is 0 Å². The quantitative estimate of drug-likeness (QED) is 0.701. The summed E-state index contributed by atoms with van der Waals surface area (Å²) >= 11 is 0. The van der Waals surface area contributed by atoms with Crippen molar-refractivity contribution >= 4 is 17.7 Å². The topological polar surface area (TPSA) is 78.5 Å². The normalized spacial score (nSPS) is 22.7. The van der Waals surface area contributed by atoms with Crippen LogP contribution in [0.2, 0.25) is 0 Å². The highest BCUT2D eigenvalue weighted by atomic mass is 19.1. The van der Waals surface area contributed by atoms with Crippen LogP contribution >= 0.6 is 0 Å². The lowest BCUT2D eigenvalue weighted by Gasteiger charge is -2.49. The molecule has 0 radical (unpaired) electrons. The van der Waals surface area contributed by atoms with Gasteiger partial charge in [0.15, 0.2) is 0 Å². The lowest BCUT2D eigenvalue weighted by Crippen LogP contribution is -2.67.